The number of carbonyl (C=O) groups is 1. The van der Waals surface area contributed by atoms with Crippen molar-refractivity contribution in [1.82, 2.24) is 4.98 Å². The highest BCUT2D eigenvalue weighted by Crippen LogP contribution is 2.38. The summed E-state index contributed by atoms with van der Waals surface area (Å²) in [6, 6.07) is 3.83. The van der Waals surface area contributed by atoms with Gasteiger partial charge in [-0.2, -0.15) is 0 Å². The number of H-pyrrole nitrogens is 1. The minimum atomic E-state index is 0.510. The van der Waals surface area contributed by atoms with E-state index in [0.717, 1.165) is 34.0 Å². The molecule has 0 unspecified atom stereocenters. The van der Waals surface area contributed by atoms with Crippen molar-refractivity contribution >= 4 is 28.8 Å². The quantitative estimate of drug-likeness (QED) is 0.788. The SMILES string of the molecule is Cc1cc(Cl)cc2c(C=O)c(C3CCCC3)[nH]c12. The molecule has 0 saturated heterocycles. The number of aromatic amines is 1. The molecule has 2 nitrogen and oxygen atoms in total. The number of halogens is 1. The molecule has 1 aromatic carbocycles. The Hall–Kier alpha value is -1.28. The Labute approximate surface area is 111 Å². The number of carbonyl (C=O) groups excluding carboxylic acids is 1. The maximum Gasteiger partial charge on any atom is 0.152 e. The Morgan fingerprint density at radius 3 is 2.72 bits per heavy atom. The number of nitrogens with one attached hydrogen (secondary N) is 1. The van der Waals surface area contributed by atoms with Crippen LogP contribution >= 0.6 is 11.6 Å². The van der Waals surface area contributed by atoms with Gasteiger partial charge in [-0.3, -0.25) is 4.79 Å². The molecule has 18 heavy (non-hydrogen) atoms. The standard InChI is InChI=1S/C15H16ClNO/c1-9-6-11(16)7-12-13(8-18)15(17-14(9)12)10-4-2-3-5-10/h6-8,10,17H,2-5H2,1H3. The molecular weight excluding hydrogens is 246 g/mol. The van der Waals surface area contributed by atoms with Crippen LogP contribution in [0.25, 0.3) is 10.9 Å². The second-order valence-electron chi connectivity index (χ2n) is 5.20. The van der Waals surface area contributed by atoms with E-state index in [0.29, 0.717) is 10.9 Å². The fourth-order valence-electron chi connectivity index (χ4n) is 3.13. The van der Waals surface area contributed by atoms with Crippen molar-refractivity contribution in [3.05, 3.63) is 34.0 Å². The van der Waals surface area contributed by atoms with Gasteiger partial charge in [0.2, 0.25) is 0 Å². The third-order valence-electron chi connectivity index (χ3n) is 4.02. The molecular formula is C15H16ClNO. The van der Waals surface area contributed by atoms with E-state index in [2.05, 4.69) is 4.98 Å². The highest BCUT2D eigenvalue weighted by molar-refractivity contribution is 6.31. The summed E-state index contributed by atoms with van der Waals surface area (Å²) in [5.41, 5.74) is 4.08. The van der Waals surface area contributed by atoms with Gasteiger partial charge in [0.25, 0.3) is 0 Å². The molecule has 0 bridgehead atoms. The van der Waals surface area contributed by atoms with E-state index in [9.17, 15) is 4.79 Å². The lowest BCUT2D eigenvalue weighted by Gasteiger charge is -2.07. The van der Waals surface area contributed by atoms with Crippen molar-refractivity contribution in [2.45, 2.75) is 38.5 Å². The zero-order valence-electron chi connectivity index (χ0n) is 10.4. The maximum atomic E-state index is 11.4. The van der Waals surface area contributed by atoms with E-state index in [1.807, 2.05) is 19.1 Å². The van der Waals surface area contributed by atoms with Crippen LogP contribution in [0.1, 0.15) is 53.2 Å². The molecule has 0 amide bonds. The molecule has 0 spiro atoms. The summed E-state index contributed by atoms with van der Waals surface area (Å²) in [5.74, 6) is 0.510. The number of hydrogen-bond donors (Lipinski definition) is 1. The molecule has 1 fully saturated rings. The summed E-state index contributed by atoms with van der Waals surface area (Å²) in [7, 11) is 0. The van der Waals surface area contributed by atoms with Gasteiger partial charge in [0.05, 0.1) is 0 Å². The minimum absolute atomic E-state index is 0.510. The number of aryl methyl sites for hydroxylation is 1. The van der Waals surface area contributed by atoms with Gasteiger partial charge in [0, 0.05) is 27.2 Å². The molecule has 0 aliphatic heterocycles. The lowest BCUT2D eigenvalue weighted by atomic mass is 9.99. The van der Waals surface area contributed by atoms with Crippen molar-refractivity contribution in [2.75, 3.05) is 0 Å². The van der Waals surface area contributed by atoms with Gasteiger partial charge in [0.1, 0.15) is 0 Å². The normalized spacial score (nSPS) is 16.6. The van der Waals surface area contributed by atoms with E-state index in [1.54, 1.807) is 0 Å². The van der Waals surface area contributed by atoms with Crippen LogP contribution in [-0.2, 0) is 0 Å². The number of rotatable bonds is 2. The van der Waals surface area contributed by atoms with Crippen molar-refractivity contribution in [3.8, 4) is 0 Å². The van der Waals surface area contributed by atoms with Crippen molar-refractivity contribution < 1.29 is 4.79 Å². The molecule has 2 aromatic rings. The first kappa shape index (κ1) is 11.8. The van der Waals surface area contributed by atoms with Crippen molar-refractivity contribution in [1.29, 1.82) is 0 Å². The number of fused-ring (bicyclic) bond motifs is 1. The van der Waals surface area contributed by atoms with Crippen LogP contribution < -0.4 is 0 Å². The molecule has 3 heteroatoms. The van der Waals surface area contributed by atoms with Crippen LogP contribution in [0.15, 0.2) is 12.1 Å². The van der Waals surface area contributed by atoms with E-state index in [1.165, 1.54) is 25.7 Å². The molecule has 1 heterocycles. The third-order valence-corrected chi connectivity index (χ3v) is 4.24. The van der Waals surface area contributed by atoms with Gasteiger partial charge in [-0.1, -0.05) is 24.4 Å². The zero-order chi connectivity index (χ0) is 12.7. The lowest BCUT2D eigenvalue weighted by Crippen LogP contribution is -1.96. The molecule has 3 rings (SSSR count). The number of benzene rings is 1. The van der Waals surface area contributed by atoms with Crippen LogP contribution in [0.3, 0.4) is 0 Å². The molecule has 1 aromatic heterocycles. The molecule has 0 radical (unpaired) electrons. The van der Waals surface area contributed by atoms with Crippen LogP contribution in [-0.4, -0.2) is 11.3 Å². The molecule has 1 N–H and O–H groups in total. The average Bonchev–Trinajstić information content (AvgIpc) is 2.93. The van der Waals surface area contributed by atoms with E-state index in [4.69, 9.17) is 11.6 Å². The summed E-state index contributed by atoms with van der Waals surface area (Å²) in [5, 5.41) is 1.66. The van der Waals surface area contributed by atoms with E-state index in [-0.39, 0.29) is 0 Å². The van der Waals surface area contributed by atoms with Crippen LogP contribution in [0.2, 0.25) is 5.02 Å². The Bertz CT molecular complexity index is 608. The number of hydrogen-bond acceptors (Lipinski definition) is 1. The Morgan fingerprint density at radius 1 is 1.33 bits per heavy atom. The highest BCUT2D eigenvalue weighted by atomic mass is 35.5. The van der Waals surface area contributed by atoms with Gasteiger partial charge in [-0.05, 0) is 43.4 Å². The summed E-state index contributed by atoms with van der Waals surface area (Å²) >= 11 is 6.09. The summed E-state index contributed by atoms with van der Waals surface area (Å²) in [4.78, 5) is 14.9. The topological polar surface area (TPSA) is 32.9 Å². The second kappa shape index (κ2) is 4.43. The maximum absolute atomic E-state index is 11.4. The number of aromatic nitrogens is 1. The summed E-state index contributed by atoms with van der Waals surface area (Å²) in [6.07, 6.45) is 5.86. The number of aldehydes is 1. The molecule has 94 valence electrons. The monoisotopic (exact) mass is 261 g/mol. The van der Waals surface area contributed by atoms with E-state index < -0.39 is 0 Å². The first-order chi connectivity index (χ1) is 8.70. The fraction of sp³-hybridized carbons (Fsp3) is 0.400. The van der Waals surface area contributed by atoms with Crippen molar-refractivity contribution in [3.63, 3.8) is 0 Å². The van der Waals surface area contributed by atoms with Gasteiger partial charge >= 0.3 is 0 Å². The first-order valence-electron chi connectivity index (χ1n) is 6.47. The second-order valence-corrected chi connectivity index (χ2v) is 5.63. The Morgan fingerprint density at radius 2 is 2.06 bits per heavy atom. The fourth-order valence-corrected chi connectivity index (χ4v) is 3.40. The highest BCUT2D eigenvalue weighted by Gasteiger charge is 2.23. The Balaban J connectivity index is 2.25. The molecule has 1 saturated carbocycles. The predicted octanol–water partition coefficient (Wildman–Crippen LogP) is 4.60. The van der Waals surface area contributed by atoms with Crippen LogP contribution in [0.4, 0.5) is 0 Å². The van der Waals surface area contributed by atoms with Gasteiger partial charge < -0.3 is 4.98 Å². The molecule has 1 aliphatic rings. The zero-order valence-corrected chi connectivity index (χ0v) is 11.2. The predicted molar refractivity (Wildman–Crippen MR) is 74.6 cm³/mol. The largest absolute Gasteiger partial charge is 0.357 e. The van der Waals surface area contributed by atoms with Crippen LogP contribution in [0, 0.1) is 6.92 Å². The van der Waals surface area contributed by atoms with Gasteiger partial charge in [0.15, 0.2) is 6.29 Å². The van der Waals surface area contributed by atoms with Crippen molar-refractivity contribution in [2.24, 2.45) is 0 Å². The summed E-state index contributed by atoms with van der Waals surface area (Å²) < 4.78 is 0. The molecule has 0 atom stereocenters. The minimum Gasteiger partial charge on any atom is -0.357 e. The molecule has 1 aliphatic carbocycles. The summed E-state index contributed by atoms with van der Waals surface area (Å²) in [6.45, 7) is 2.03. The Kier molecular flexibility index (Phi) is 2.90. The third kappa shape index (κ3) is 1.76. The van der Waals surface area contributed by atoms with Gasteiger partial charge in [-0.15, -0.1) is 0 Å². The van der Waals surface area contributed by atoms with Crippen LogP contribution in [0.5, 0.6) is 0 Å². The smallest absolute Gasteiger partial charge is 0.152 e. The van der Waals surface area contributed by atoms with E-state index >= 15 is 0 Å². The van der Waals surface area contributed by atoms with Gasteiger partial charge in [-0.25, -0.2) is 0 Å². The first-order valence-corrected chi connectivity index (χ1v) is 6.85. The lowest BCUT2D eigenvalue weighted by molar-refractivity contribution is 0.112. The average molecular weight is 262 g/mol.